The van der Waals surface area contributed by atoms with Gasteiger partial charge in [-0.2, -0.15) is 10.3 Å². The predicted molar refractivity (Wildman–Crippen MR) is 64.4 cm³/mol. The Bertz CT molecular complexity index is 630. The van der Waals surface area contributed by atoms with E-state index in [0.717, 1.165) is 0 Å². The lowest BCUT2D eigenvalue weighted by Crippen LogP contribution is -2.07. The number of hydrogen-bond donors (Lipinski definition) is 2. The summed E-state index contributed by atoms with van der Waals surface area (Å²) in [5.74, 6) is -2.06. The number of ether oxygens (including phenoxy) is 1. The smallest absolute Gasteiger partial charge is 0.361 e. The zero-order valence-corrected chi connectivity index (χ0v) is 10.5. The molecule has 0 aliphatic rings. The number of benzene rings is 1. The number of halogens is 2. The molecule has 0 radical (unpaired) electrons. The van der Waals surface area contributed by atoms with Crippen LogP contribution in [0.4, 0.5) is 4.39 Å². The lowest BCUT2D eigenvalue weighted by Gasteiger charge is -2.06. The van der Waals surface area contributed by atoms with Crippen LogP contribution in [0.2, 0.25) is 5.02 Å². The minimum atomic E-state index is -0.888. The number of rotatable bonds is 3. The number of carbonyl (C=O) groups is 1. The summed E-state index contributed by atoms with van der Waals surface area (Å²) >= 11 is 5.64. The van der Waals surface area contributed by atoms with E-state index >= 15 is 0 Å². The Morgan fingerprint density at radius 2 is 2.26 bits per heavy atom. The van der Waals surface area contributed by atoms with Crippen LogP contribution in [0.15, 0.2) is 12.1 Å². The molecule has 2 rings (SSSR count). The van der Waals surface area contributed by atoms with Crippen molar-refractivity contribution in [2.75, 3.05) is 6.61 Å². The monoisotopic (exact) mass is 285 g/mol. The fourth-order valence-corrected chi connectivity index (χ4v) is 1.67. The molecule has 0 amide bonds. The second kappa shape index (κ2) is 5.23. The van der Waals surface area contributed by atoms with E-state index in [1.54, 1.807) is 6.92 Å². The molecular formula is C11H9ClFN3O3. The van der Waals surface area contributed by atoms with Gasteiger partial charge in [-0.25, -0.2) is 9.18 Å². The molecule has 1 aromatic heterocycles. The maximum Gasteiger partial charge on any atom is 0.361 e. The molecular weight excluding hydrogens is 277 g/mol. The first kappa shape index (κ1) is 13.3. The van der Waals surface area contributed by atoms with E-state index in [4.69, 9.17) is 16.3 Å². The van der Waals surface area contributed by atoms with Gasteiger partial charge in [-0.3, -0.25) is 0 Å². The first-order valence-corrected chi connectivity index (χ1v) is 5.69. The Labute approximate surface area is 112 Å². The topological polar surface area (TPSA) is 88.1 Å². The van der Waals surface area contributed by atoms with Crippen LogP contribution in [-0.4, -0.2) is 33.1 Å². The highest BCUT2D eigenvalue weighted by molar-refractivity contribution is 6.31. The molecule has 1 aromatic carbocycles. The van der Waals surface area contributed by atoms with Crippen LogP contribution in [0.25, 0.3) is 11.3 Å². The third kappa shape index (κ3) is 2.37. The number of nitrogens with zero attached hydrogens (tertiary/aromatic N) is 2. The molecule has 0 aliphatic heterocycles. The number of H-pyrrole nitrogens is 1. The predicted octanol–water partition coefficient (Wildman–Crippen LogP) is 2.15. The summed E-state index contributed by atoms with van der Waals surface area (Å²) < 4.78 is 18.7. The Kier molecular flexibility index (Phi) is 3.66. The lowest BCUT2D eigenvalue weighted by molar-refractivity contribution is 0.0520. The number of aromatic nitrogens is 3. The Hall–Kier alpha value is -2.15. The van der Waals surface area contributed by atoms with Crippen LogP contribution in [0.3, 0.4) is 0 Å². The largest absolute Gasteiger partial charge is 0.507 e. The number of nitrogens with one attached hydrogen (secondary N) is 1. The highest BCUT2D eigenvalue weighted by Gasteiger charge is 2.25. The van der Waals surface area contributed by atoms with E-state index in [2.05, 4.69) is 15.4 Å². The molecule has 0 atom stereocenters. The molecule has 8 heteroatoms. The number of esters is 1. The van der Waals surface area contributed by atoms with E-state index in [9.17, 15) is 14.3 Å². The minimum absolute atomic E-state index is 0.134. The van der Waals surface area contributed by atoms with Crippen LogP contribution in [0.1, 0.15) is 17.4 Å². The van der Waals surface area contributed by atoms with Gasteiger partial charge in [0.1, 0.15) is 11.4 Å². The molecule has 2 N–H and O–H groups in total. The van der Waals surface area contributed by atoms with E-state index in [1.165, 1.54) is 12.1 Å². The fourth-order valence-electron chi connectivity index (χ4n) is 1.51. The molecule has 1 heterocycles. The first-order valence-electron chi connectivity index (χ1n) is 5.31. The van der Waals surface area contributed by atoms with E-state index in [0.29, 0.717) is 0 Å². The molecule has 0 bridgehead atoms. The van der Waals surface area contributed by atoms with Gasteiger partial charge in [0.05, 0.1) is 17.2 Å². The van der Waals surface area contributed by atoms with Crippen LogP contribution < -0.4 is 0 Å². The van der Waals surface area contributed by atoms with Crippen molar-refractivity contribution in [2.45, 2.75) is 6.92 Å². The van der Waals surface area contributed by atoms with Crippen molar-refractivity contribution < 1.29 is 19.0 Å². The summed E-state index contributed by atoms with van der Waals surface area (Å²) in [5, 5.41) is 18.9. The summed E-state index contributed by atoms with van der Waals surface area (Å²) in [5.41, 5.74) is -0.682. The third-order valence-electron chi connectivity index (χ3n) is 2.33. The van der Waals surface area contributed by atoms with E-state index in [-0.39, 0.29) is 28.6 Å². The van der Waals surface area contributed by atoms with Gasteiger partial charge in [0.25, 0.3) is 0 Å². The van der Waals surface area contributed by atoms with Gasteiger partial charge >= 0.3 is 5.97 Å². The van der Waals surface area contributed by atoms with Crippen LogP contribution in [0, 0.1) is 5.82 Å². The minimum Gasteiger partial charge on any atom is -0.507 e. The van der Waals surface area contributed by atoms with Gasteiger partial charge in [0, 0.05) is 0 Å². The van der Waals surface area contributed by atoms with Crippen molar-refractivity contribution in [1.82, 2.24) is 15.4 Å². The maximum atomic E-state index is 13.9. The first-order chi connectivity index (χ1) is 9.06. The molecule has 0 fully saturated rings. The maximum absolute atomic E-state index is 13.9. The molecule has 100 valence electrons. The Morgan fingerprint density at radius 3 is 2.95 bits per heavy atom. The van der Waals surface area contributed by atoms with Crippen molar-refractivity contribution in [2.24, 2.45) is 0 Å². The molecule has 0 aliphatic carbocycles. The number of aromatic amines is 1. The number of carbonyl (C=O) groups excluding carboxylic acids is 1. The third-order valence-corrected chi connectivity index (χ3v) is 2.62. The second-order valence-electron chi connectivity index (χ2n) is 3.50. The SMILES string of the molecule is CCOC(=O)c1n[nH]nc1-c1c(O)ccc(Cl)c1F. The van der Waals surface area contributed by atoms with E-state index < -0.39 is 17.5 Å². The lowest BCUT2D eigenvalue weighted by atomic mass is 10.1. The summed E-state index contributed by atoms with van der Waals surface area (Å²) in [6, 6.07) is 2.39. The van der Waals surface area contributed by atoms with Crippen LogP contribution in [0.5, 0.6) is 5.75 Å². The molecule has 0 saturated carbocycles. The van der Waals surface area contributed by atoms with Gasteiger partial charge in [0.15, 0.2) is 11.5 Å². The van der Waals surface area contributed by atoms with Gasteiger partial charge in [-0.05, 0) is 19.1 Å². The normalized spacial score (nSPS) is 10.5. The van der Waals surface area contributed by atoms with Gasteiger partial charge in [-0.15, -0.1) is 5.10 Å². The number of aromatic hydroxyl groups is 1. The highest BCUT2D eigenvalue weighted by Crippen LogP contribution is 2.35. The second-order valence-corrected chi connectivity index (χ2v) is 3.90. The van der Waals surface area contributed by atoms with Gasteiger partial charge in [0.2, 0.25) is 0 Å². The van der Waals surface area contributed by atoms with Crippen molar-refractivity contribution >= 4 is 17.6 Å². The highest BCUT2D eigenvalue weighted by atomic mass is 35.5. The van der Waals surface area contributed by atoms with Crippen molar-refractivity contribution in [3.05, 3.63) is 28.7 Å². The van der Waals surface area contributed by atoms with Gasteiger partial charge < -0.3 is 9.84 Å². The Morgan fingerprint density at radius 1 is 1.53 bits per heavy atom. The van der Waals surface area contributed by atoms with Crippen LogP contribution in [-0.2, 0) is 4.74 Å². The molecule has 19 heavy (non-hydrogen) atoms. The summed E-state index contributed by atoms with van der Waals surface area (Å²) in [4.78, 5) is 11.6. The van der Waals surface area contributed by atoms with Crippen LogP contribution >= 0.6 is 11.6 Å². The zero-order chi connectivity index (χ0) is 14.0. The van der Waals surface area contributed by atoms with Crippen molar-refractivity contribution in [3.8, 4) is 17.0 Å². The molecule has 0 saturated heterocycles. The van der Waals surface area contributed by atoms with Crippen molar-refractivity contribution in [3.63, 3.8) is 0 Å². The summed E-state index contributed by atoms with van der Waals surface area (Å²) in [6.07, 6.45) is 0. The number of phenols is 1. The molecule has 0 spiro atoms. The Balaban J connectivity index is 2.58. The number of phenolic OH excluding ortho intramolecular Hbond substituents is 1. The average Bonchev–Trinajstić information content (AvgIpc) is 2.84. The van der Waals surface area contributed by atoms with Crippen molar-refractivity contribution in [1.29, 1.82) is 0 Å². The standard InChI is InChI=1S/C11H9ClFN3O3/c1-2-19-11(18)10-9(14-16-15-10)7-6(17)4-3-5(12)8(7)13/h3-4,17H,2H2,1H3,(H,14,15,16). The molecule has 6 nitrogen and oxygen atoms in total. The molecule has 2 aromatic rings. The number of hydrogen-bond acceptors (Lipinski definition) is 5. The quantitative estimate of drug-likeness (QED) is 0.844. The summed E-state index contributed by atoms with van der Waals surface area (Å²) in [7, 11) is 0. The van der Waals surface area contributed by atoms with E-state index in [1.807, 2.05) is 0 Å². The average molecular weight is 286 g/mol. The summed E-state index contributed by atoms with van der Waals surface area (Å²) in [6.45, 7) is 1.75. The molecule has 0 unspecified atom stereocenters. The van der Waals surface area contributed by atoms with Gasteiger partial charge in [-0.1, -0.05) is 11.6 Å². The fraction of sp³-hybridized carbons (Fsp3) is 0.182. The zero-order valence-electron chi connectivity index (χ0n) is 9.78.